The minimum Gasteiger partial charge on any atom is -0.0702 e. The van der Waals surface area contributed by atoms with Gasteiger partial charge in [-0.05, 0) is 63.2 Å². The Bertz CT molecular complexity index is 336. The lowest BCUT2D eigenvalue weighted by molar-refractivity contribution is 0.189. The van der Waals surface area contributed by atoms with Gasteiger partial charge in [0.2, 0.25) is 0 Å². The molecule has 0 atom stereocenters. The number of rotatable bonds is 1. The van der Waals surface area contributed by atoms with Gasteiger partial charge in [-0.15, -0.1) is 0 Å². The topological polar surface area (TPSA) is 0 Å². The van der Waals surface area contributed by atoms with Crippen LogP contribution in [-0.4, -0.2) is 0 Å². The van der Waals surface area contributed by atoms with E-state index in [-0.39, 0.29) is 0 Å². The summed E-state index contributed by atoms with van der Waals surface area (Å²) in [6.45, 7) is 0. The first-order valence-electron chi connectivity index (χ1n) is 8.78. The molecule has 0 aromatic carbocycles. The summed E-state index contributed by atoms with van der Waals surface area (Å²) >= 11 is 0. The molecule has 19 heavy (non-hydrogen) atoms. The summed E-state index contributed by atoms with van der Waals surface area (Å²) in [7, 11) is 0. The van der Waals surface area contributed by atoms with Crippen molar-refractivity contribution in [3.05, 3.63) is 23.3 Å². The van der Waals surface area contributed by atoms with Gasteiger partial charge in [0.15, 0.2) is 0 Å². The molecule has 0 aromatic heterocycles. The first kappa shape index (κ1) is 13.5. The maximum absolute atomic E-state index is 2.57. The van der Waals surface area contributed by atoms with Crippen molar-refractivity contribution in [3.63, 3.8) is 0 Å². The smallest absolute Gasteiger partial charge is 0.00850 e. The Labute approximate surface area is 119 Å². The zero-order valence-electron chi connectivity index (χ0n) is 12.6. The molecule has 0 saturated heterocycles. The second-order valence-corrected chi connectivity index (χ2v) is 7.13. The van der Waals surface area contributed by atoms with Crippen LogP contribution in [0.5, 0.6) is 0 Å². The Morgan fingerprint density at radius 3 is 1.89 bits per heavy atom. The molecule has 3 aliphatic carbocycles. The zero-order valence-corrected chi connectivity index (χ0v) is 12.6. The quantitative estimate of drug-likeness (QED) is 0.515. The highest BCUT2D eigenvalue weighted by molar-refractivity contribution is 5.25. The second kappa shape index (κ2) is 6.29. The summed E-state index contributed by atoms with van der Waals surface area (Å²) in [4.78, 5) is 0. The van der Waals surface area contributed by atoms with Crippen molar-refractivity contribution in [2.75, 3.05) is 0 Å². The molecule has 0 bridgehead atoms. The first-order chi connectivity index (χ1) is 9.39. The highest BCUT2D eigenvalue weighted by Gasteiger charge is 2.36. The molecule has 106 valence electrons. The van der Waals surface area contributed by atoms with Gasteiger partial charge in [-0.25, -0.2) is 0 Å². The second-order valence-electron chi connectivity index (χ2n) is 7.13. The summed E-state index contributed by atoms with van der Waals surface area (Å²) < 4.78 is 0. The van der Waals surface area contributed by atoms with Crippen molar-refractivity contribution >= 4 is 0 Å². The van der Waals surface area contributed by atoms with E-state index in [1.807, 2.05) is 5.57 Å². The van der Waals surface area contributed by atoms with Crippen LogP contribution in [0.25, 0.3) is 0 Å². The fraction of sp³-hybridized carbons (Fsp3) is 0.789. The average Bonchev–Trinajstić information content (AvgIpc) is 2.48. The lowest BCUT2D eigenvalue weighted by Crippen LogP contribution is -2.29. The van der Waals surface area contributed by atoms with Crippen molar-refractivity contribution in [2.45, 2.75) is 89.9 Å². The predicted octanol–water partition coefficient (Wildman–Crippen LogP) is 6.33. The minimum atomic E-state index is 0.641. The summed E-state index contributed by atoms with van der Waals surface area (Å²) in [5.74, 6) is 0. The van der Waals surface area contributed by atoms with E-state index in [9.17, 15) is 0 Å². The maximum atomic E-state index is 2.57. The molecule has 3 saturated carbocycles. The molecule has 0 heteroatoms. The molecule has 3 aliphatic rings. The molecule has 3 rings (SSSR count). The van der Waals surface area contributed by atoms with Crippen LogP contribution in [-0.2, 0) is 0 Å². The highest BCUT2D eigenvalue weighted by Crippen LogP contribution is 2.50. The van der Waals surface area contributed by atoms with Gasteiger partial charge in [-0.2, -0.15) is 0 Å². The molecule has 0 aromatic rings. The van der Waals surface area contributed by atoms with E-state index in [2.05, 4.69) is 12.2 Å². The SMILES string of the molecule is C(C=C1CCCCC12CCCCC2)=C1CCCCC1. The van der Waals surface area contributed by atoms with Crippen LogP contribution in [0.4, 0.5) is 0 Å². The van der Waals surface area contributed by atoms with Crippen LogP contribution < -0.4 is 0 Å². The van der Waals surface area contributed by atoms with Gasteiger partial charge in [-0.3, -0.25) is 0 Å². The molecule has 3 fully saturated rings. The molecule has 0 N–H and O–H groups in total. The standard InChI is InChI=1S/C19H30/c1-3-9-17(10-4-1)12-13-18-11-5-8-16-19(18)14-6-2-7-15-19/h12-13H,1-11,14-16H2. The number of hydrogen-bond donors (Lipinski definition) is 0. The summed E-state index contributed by atoms with van der Waals surface area (Å²) in [5, 5.41) is 0. The molecular weight excluding hydrogens is 228 g/mol. The van der Waals surface area contributed by atoms with Crippen LogP contribution in [0.3, 0.4) is 0 Å². The lowest BCUT2D eigenvalue weighted by atomic mass is 9.62. The predicted molar refractivity (Wildman–Crippen MR) is 83.2 cm³/mol. The van der Waals surface area contributed by atoms with Crippen LogP contribution >= 0.6 is 0 Å². The fourth-order valence-corrected chi connectivity index (χ4v) is 4.66. The Morgan fingerprint density at radius 1 is 0.579 bits per heavy atom. The third-order valence-corrected chi connectivity index (χ3v) is 5.86. The molecule has 0 radical (unpaired) electrons. The summed E-state index contributed by atoms with van der Waals surface area (Å²) in [5.41, 5.74) is 4.20. The van der Waals surface area contributed by atoms with E-state index in [0.717, 1.165) is 0 Å². The van der Waals surface area contributed by atoms with E-state index in [4.69, 9.17) is 0 Å². The van der Waals surface area contributed by atoms with Crippen molar-refractivity contribution in [1.82, 2.24) is 0 Å². The molecule has 0 amide bonds. The summed E-state index contributed by atoms with van der Waals surface area (Å²) in [6.07, 6.45) is 25.4. The maximum Gasteiger partial charge on any atom is -0.00850 e. The normalized spacial score (nSPS) is 29.7. The van der Waals surface area contributed by atoms with E-state index in [1.54, 1.807) is 5.57 Å². The molecule has 0 aliphatic heterocycles. The molecular formula is C19H30. The third kappa shape index (κ3) is 3.15. The largest absolute Gasteiger partial charge is 0.0702 e. The number of hydrogen-bond acceptors (Lipinski definition) is 0. The Balaban J connectivity index is 1.75. The third-order valence-electron chi connectivity index (χ3n) is 5.86. The Kier molecular flexibility index (Phi) is 4.45. The average molecular weight is 258 g/mol. The van der Waals surface area contributed by atoms with Crippen LogP contribution in [0, 0.1) is 5.41 Å². The van der Waals surface area contributed by atoms with Gasteiger partial charge in [0.25, 0.3) is 0 Å². The van der Waals surface area contributed by atoms with Gasteiger partial charge >= 0.3 is 0 Å². The first-order valence-corrected chi connectivity index (χ1v) is 8.78. The van der Waals surface area contributed by atoms with Gasteiger partial charge in [0.1, 0.15) is 0 Å². The van der Waals surface area contributed by atoms with Crippen molar-refractivity contribution in [3.8, 4) is 0 Å². The molecule has 0 unspecified atom stereocenters. The van der Waals surface area contributed by atoms with E-state index >= 15 is 0 Å². The van der Waals surface area contributed by atoms with E-state index < -0.39 is 0 Å². The van der Waals surface area contributed by atoms with E-state index in [0.29, 0.717) is 5.41 Å². The van der Waals surface area contributed by atoms with Crippen LogP contribution in [0.15, 0.2) is 23.3 Å². The van der Waals surface area contributed by atoms with Gasteiger partial charge in [0.05, 0.1) is 0 Å². The van der Waals surface area contributed by atoms with Gasteiger partial charge in [-0.1, -0.05) is 55.4 Å². The van der Waals surface area contributed by atoms with Crippen LogP contribution in [0.2, 0.25) is 0 Å². The van der Waals surface area contributed by atoms with Crippen molar-refractivity contribution < 1.29 is 0 Å². The Morgan fingerprint density at radius 2 is 1.16 bits per heavy atom. The number of allylic oxidation sites excluding steroid dienone is 4. The minimum absolute atomic E-state index is 0.641. The fourth-order valence-electron chi connectivity index (χ4n) is 4.66. The Hall–Kier alpha value is -0.520. The van der Waals surface area contributed by atoms with Crippen molar-refractivity contribution in [1.29, 1.82) is 0 Å². The van der Waals surface area contributed by atoms with E-state index in [1.165, 1.54) is 89.9 Å². The molecule has 0 nitrogen and oxygen atoms in total. The van der Waals surface area contributed by atoms with Crippen LogP contribution in [0.1, 0.15) is 89.9 Å². The zero-order chi connectivity index (χ0) is 13.0. The lowest BCUT2D eigenvalue weighted by Gasteiger charge is -2.43. The molecule has 1 spiro atoms. The van der Waals surface area contributed by atoms with Gasteiger partial charge in [0, 0.05) is 0 Å². The van der Waals surface area contributed by atoms with Crippen molar-refractivity contribution in [2.24, 2.45) is 5.41 Å². The molecule has 0 heterocycles. The van der Waals surface area contributed by atoms with Gasteiger partial charge < -0.3 is 0 Å². The highest BCUT2D eigenvalue weighted by atomic mass is 14.4. The summed E-state index contributed by atoms with van der Waals surface area (Å²) in [6, 6.07) is 0. The monoisotopic (exact) mass is 258 g/mol.